The summed E-state index contributed by atoms with van der Waals surface area (Å²) in [5, 5.41) is 17.3. The summed E-state index contributed by atoms with van der Waals surface area (Å²) in [7, 11) is 0. The Bertz CT molecular complexity index is 336. The molecule has 13 heavy (non-hydrogen) atoms. The first-order valence-electron chi connectivity index (χ1n) is 3.80. The van der Waals surface area contributed by atoms with Crippen molar-refractivity contribution in [1.29, 1.82) is 0 Å². The summed E-state index contributed by atoms with van der Waals surface area (Å²) in [6.45, 7) is 1.94. The number of hydrogen-bond acceptors (Lipinski definition) is 2. The molecule has 0 aliphatic heterocycles. The Labute approximate surface area is 76.0 Å². The molecule has 0 amide bonds. The van der Waals surface area contributed by atoms with Crippen LogP contribution >= 0.6 is 0 Å². The summed E-state index contributed by atoms with van der Waals surface area (Å²) < 4.78 is 0. The van der Waals surface area contributed by atoms with Gasteiger partial charge in [0.1, 0.15) is 0 Å². The number of hydrogen-bond donors (Lipinski definition) is 2. The van der Waals surface area contributed by atoms with Gasteiger partial charge in [-0.05, 0) is 18.6 Å². The Morgan fingerprint density at radius 3 is 2.23 bits per heavy atom. The summed E-state index contributed by atoms with van der Waals surface area (Å²) in [4.78, 5) is 10.3. The van der Waals surface area contributed by atoms with E-state index in [0.29, 0.717) is 5.56 Å². The number of carboxylic acids is 1. The number of carbonyl (C=O) groups is 1. The van der Waals surface area contributed by atoms with E-state index in [9.17, 15) is 4.79 Å². The summed E-state index contributed by atoms with van der Waals surface area (Å²) in [5.74, 6) is -1.97. The van der Waals surface area contributed by atoms with Gasteiger partial charge in [-0.25, -0.2) is 4.79 Å². The van der Waals surface area contributed by atoms with Crippen molar-refractivity contribution in [3.8, 4) is 0 Å². The van der Waals surface area contributed by atoms with Crippen molar-refractivity contribution in [2.75, 3.05) is 0 Å². The van der Waals surface area contributed by atoms with Crippen LogP contribution in [0.1, 0.15) is 11.1 Å². The standard InChI is InChI=1S/C10H10O3/c1-7-2-4-8(5-3-7)6-9(11)10(12)13/h2-6,11H,1H3,(H,12,13). The minimum Gasteiger partial charge on any atom is -0.502 e. The molecule has 0 unspecified atom stereocenters. The second-order valence-corrected chi connectivity index (χ2v) is 2.75. The van der Waals surface area contributed by atoms with Crippen LogP contribution in [0, 0.1) is 6.92 Å². The molecule has 0 aliphatic carbocycles. The predicted octanol–water partition coefficient (Wildman–Crippen LogP) is 1.98. The summed E-state index contributed by atoms with van der Waals surface area (Å²) >= 11 is 0. The first-order chi connectivity index (χ1) is 6.09. The van der Waals surface area contributed by atoms with E-state index in [1.54, 1.807) is 12.1 Å². The van der Waals surface area contributed by atoms with E-state index in [2.05, 4.69) is 0 Å². The van der Waals surface area contributed by atoms with Gasteiger partial charge in [-0.15, -0.1) is 0 Å². The Hall–Kier alpha value is -1.77. The van der Waals surface area contributed by atoms with Crippen LogP contribution in [0.4, 0.5) is 0 Å². The van der Waals surface area contributed by atoms with Gasteiger partial charge in [0, 0.05) is 0 Å². The molecule has 3 nitrogen and oxygen atoms in total. The molecule has 2 N–H and O–H groups in total. The monoisotopic (exact) mass is 178 g/mol. The minimum absolute atomic E-state index is 0.649. The summed E-state index contributed by atoms with van der Waals surface area (Å²) in [6, 6.07) is 7.19. The smallest absolute Gasteiger partial charge is 0.370 e. The van der Waals surface area contributed by atoms with E-state index in [0.717, 1.165) is 5.56 Å². The van der Waals surface area contributed by atoms with Gasteiger partial charge >= 0.3 is 5.97 Å². The summed E-state index contributed by atoms with van der Waals surface area (Å²) in [6.07, 6.45) is 1.21. The van der Waals surface area contributed by atoms with Gasteiger partial charge < -0.3 is 10.2 Å². The van der Waals surface area contributed by atoms with Crippen molar-refractivity contribution in [3.05, 3.63) is 41.2 Å². The number of rotatable bonds is 2. The Balaban J connectivity index is 2.92. The first-order valence-corrected chi connectivity index (χ1v) is 3.80. The third-order valence-corrected chi connectivity index (χ3v) is 1.60. The fourth-order valence-corrected chi connectivity index (χ4v) is 0.882. The van der Waals surface area contributed by atoms with E-state index >= 15 is 0 Å². The lowest BCUT2D eigenvalue weighted by molar-refractivity contribution is -0.135. The van der Waals surface area contributed by atoms with E-state index in [1.807, 2.05) is 19.1 Å². The van der Waals surface area contributed by atoms with Gasteiger partial charge in [0.15, 0.2) is 0 Å². The zero-order valence-electron chi connectivity index (χ0n) is 7.19. The highest BCUT2D eigenvalue weighted by Gasteiger charge is 2.02. The summed E-state index contributed by atoms with van der Waals surface area (Å²) in [5.41, 5.74) is 1.76. The molecule has 0 aromatic heterocycles. The van der Waals surface area contributed by atoms with Gasteiger partial charge in [-0.2, -0.15) is 0 Å². The molecular formula is C10H10O3. The molecule has 0 heterocycles. The first kappa shape index (κ1) is 9.32. The normalized spacial score (nSPS) is 11.3. The molecule has 68 valence electrons. The van der Waals surface area contributed by atoms with Crippen molar-refractivity contribution >= 4 is 12.0 Å². The van der Waals surface area contributed by atoms with Gasteiger partial charge in [-0.3, -0.25) is 0 Å². The third kappa shape index (κ3) is 2.63. The van der Waals surface area contributed by atoms with Gasteiger partial charge in [-0.1, -0.05) is 29.8 Å². The van der Waals surface area contributed by atoms with E-state index in [4.69, 9.17) is 10.2 Å². The topological polar surface area (TPSA) is 57.5 Å². The maximum Gasteiger partial charge on any atom is 0.370 e. The highest BCUT2D eigenvalue weighted by Crippen LogP contribution is 2.07. The lowest BCUT2D eigenvalue weighted by Crippen LogP contribution is -1.98. The molecule has 0 atom stereocenters. The van der Waals surface area contributed by atoms with Crippen molar-refractivity contribution < 1.29 is 15.0 Å². The maximum absolute atomic E-state index is 10.3. The van der Waals surface area contributed by atoms with Crippen molar-refractivity contribution in [2.45, 2.75) is 6.92 Å². The predicted molar refractivity (Wildman–Crippen MR) is 49.4 cm³/mol. The van der Waals surface area contributed by atoms with Crippen LogP contribution in [0.5, 0.6) is 0 Å². The van der Waals surface area contributed by atoms with E-state index < -0.39 is 11.7 Å². The number of aryl methyl sites for hydroxylation is 1. The van der Waals surface area contributed by atoms with E-state index in [-0.39, 0.29) is 0 Å². The Morgan fingerprint density at radius 2 is 1.77 bits per heavy atom. The van der Waals surface area contributed by atoms with Crippen LogP contribution in [0.15, 0.2) is 30.0 Å². The second-order valence-electron chi connectivity index (χ2n) is 2.75. The van der Waals surface area contributed by atoms with Crippen LogP contribution in [0.2, 0.25) is 0 Å². The second kappa shape index (κ2) is 3.76. The average molecular weight is 178 g/mol. The van der Waals surface area contributed by atoms with Crippen LogP contribution in [-0.2, 0) is 4.79 Å². The highest BCUT2D eigenvalue weighted by molar-refractivity contribution is 5.89. The number of aliphatic hydroxyl groups excluding tert-OH is 1. The molecular weight excluding hydrogens is 168 g/mol. The van der Waals surface area contributed by atoms with Crippen LogP contribution in [0.25, 0.3) is 6.08 Å². The number of aliphatic hydroxyl groups is 1. The molecule has 0 radical (unpaired) electrons. The fourth-order valence-electron chi connectivity index (χ4n) is 0.882. The van der Waals surface area contributed by atoms with Gasteiger partial charge in [0.2, 0.25) is 5.76 Å². The lowest BCUT2D eigenvalue weighted by atomic mass is 10.1. The van der Waals surface area contributed by atoms with Crippen LogP contribution < -0.4 is 0 Å². The Kier molecular flexibility index (Phi) is 2.69. The highest BCUT2D eigenvalue weighted by atomic mass is 16.4. The largest absolute Gasteiger partial charge is 0.502 e. The molecule has 3 heteroatoms. The quantitative estimate of drug-likeness (QED) is 0.537. The molecule has 0 saturated heterocycles. The molecule has 0 bridgehead atoms. The average Bonchev–Trinajstić information content (AvgIpc) is 2.08. The zero-order chi connectivity index (χ0) is 9.84. The van der Waals surface area contributed by atoms with Crippen LogP contribution in [-0.4, -0.2) is 16.2 Å². The van der Waals surface area contributed by atoms with Gasteiger partial charge in [0.25, 0.3) is 0 Å². The van der Waals surface area contributed by atoms with E-state index in [1.165, 1.54) is 6.08 Å². The number of carboxylic acid groups (broad SMARTS) is 1. The Morgan fingerprint density at radius 1 is 1.23 bits per heavy atom. The van der Waals surface area contributed by atoms with Crippen molar-refractivity contribution in [3.63, 3.8) is 0 Å². The molecule has 1 aromatic rings. The molecule has 1 aromatic carbocycles. The third-order valence-electron chi connectivity index (χ3n) is 1.60. The van der Waals surface area contributed by atoms with Crippen molar-refractivity contribution in [2.24, 2.45) is 0 Å². The maximum atomic E-state index is 10.3. The van der Waals surface area contributed by atoms with Crippen LogP contribution in [0.3, 0.4) is 0 Å². The number of benzene rings is 1. The lowest BCUT2D eigenvalue weighted by Gasteiger charge is -1.95. The molecule has 0 aliphatic rings. The molecule has 0 spiro atoms. The molecule has 0 saturated carbocycles. The molecule has 1 rings (SSSR count). The SMILES string of the molecule is Cc1ccc(C=C(O)C(=O)O)cc1. The number of aliphatic carboxylic acids is 1. The zero-order valence-corrected chi connectivity index (χ0v) is 7.19. The molecule has 0 fully saturated rings. The van der Waals surface area contributed by atoms with Crippen molar-refractivity contribution in [1.82, 2.24) is 0 Å². The van der Waals surface area contributed by atoms with Gasteiger partial charge in [0.05, 0.1) is 0 Å². The minimum atomic E-state index is -1.32. The fraction of sp³-hybridized carbons (Fsp3) is 0.100.